The fourth-order valence-electron chi connectivity index (χ4n) is 1.93. The Morgan fingerprint density at radius 3 is 2.45 bits per heavy atom. The van der Waals surface area contributed by atoms with Gasteiger partial charge in [-0.1, -0.05) is 25.5 Å². The van der Waals surface area contributed by atoms with Crippen molar-refractivity contribution in [3.8, 4) is 11.4 Å². The third kappa shape index (κ3) is 3.44. The van der Waals surface area contributed by atoms with Gasteiger partial charge >= 0.3 is 0 Å². The molecule has 0 spiro atoms. The van der Waals surface area contributed by atoms with Crippen molar-refractivity contribution in [2.75, 3.05) is 18.6 Å². The van der Waals surface area contributed by atoms with E-state index in [0.717, 1.165) is 39.3 Å². The summed E-state index contributed by atoms with van der Waals surface area (Å²) in [5.41, 5.74) is 2.18. The van der Waals surface area contributed by atoms with Crippen LogP contribution in [0.3, 0.4) is 0 Å². The van der Waals surface area contributed by atoms with Crippen LogP contribution in [-0.2, 0) is 6.42 Å². The van der Waals surface area contributed by atoms with Crippen LogP contribution >= 0.6 is 34.4 Å². The normalized spacial score (nSPS) is 10.6. The van der Waals surface area contributed by atoms with Gasteiger partial charge in [-0.2, -0.15) is 0 Å². The Hall–Kier alpha value is -0.820. The van der Waals surface area contributed by atoms with E-state index < -0.39 is 0 Å². The number of benzene rings is 1. The molecule has 0 atom stereocenters. The molecule has 0 unspecified atom stereocenters. The first-order valence-corrected chi connectivity index (χ1v) is 8.88. The van der Waals surface area contributed by atoms with Crippen molar-refractivity contribution in [1.82, 2.24) is 9.97 Å². The van der Waals surface area contributed by atoms with Crippen LogP contribution in [0.4, 0.5) is 5.82 Å². The lowest BCUT2D eigenvalue weighted by Crippen LogP contribution is -2.05. The predicted molar refractivity (Wildman–Crippen MR) is 95.5 cm³/mol. The van der Waals surface area contributed by atoms with E-state index in [-0.39, 0.29) is 0 Å². The van der Waals surface area contributed by atoms with Gasteiger partial charge in [0.25, 0.3) is 0 Å². The number of aryl methyl sites for hydroxylation is 1. The number of rotatable bonds is 5. The van der Waals surface area contributed by atoms with E-state index in [0.29, 0.717) is 0 Å². The van der Waals surface area contributed by atoms with Crippen LogP contribution in [0.1, 0.15) is 19.0 Å². The van der Waals surface area contributed by atoms with Crippen molar-refractivity contribution in [2.45, 2.75) is 24.7 Å². The quantitative estimate of drug-likeness (QED) is 0.595. The number of aromatic nitrogens is 2. The highest BCUT2D eigenvalue weighted by Gasteiger charge is 2.12. The van der Waals surface area contributed by atoms with Gasteiger partial charge in [0.05, 0.1) is 9.26 Å². The molecule has 2 aromatic rings. The van der Waals surface area contributed by atoms with Gasteiger partial charge in [0, 0.05) is 17.5 Å². The summed E-state index contributed by atoms with van der Waals surface area (Å²) >= 11 is 4.06. The van der Waals surface area contributed by atoms with Gasteiger partial charge in [0.1, 0.15) is 5.82 Å². The minimum Gasteiger partial charge on any atom is -0.372 e. The Bertz CT molecular complexity index is 584. The van der Waals surface area contributed by atoms with Crippen LogP contribution in [0.5, 0.6) is 0 Å². The first kappa shape index (κ1) is 15.6. The summed E-state index contributed by atoms with van der Waals surface area (Å²) in [5, 5.41) is 3.16. The molecule has 0 radical (unpaired) electrons. The Morgan fingerprint density at radius 2 is 1.90 bits per heavy atom. The predicted octanol–water partition coefficient (Wildman–Crippen LogP) is 4.46. The average Bonchev–Trinajstić information content (AvgIpc) is 2.49. The molecule has 1 N–H and O–H groups in total. The van der Waals surface area contributed by atoms with Gasteiger partial charge < -0.3 is 5.32 Å². The summed E-state index contributed by atoms with van der Waals surface area (Å²) in [6, 6.07) is 8.39. The lowest BCUT2D eigenvalue weighted by molar-refractivity contribution is 0.868. The van der Waals surface area contributed by atoms with Crippen molar-refractivity contribution >= 4 is 40.2 Å². The Labute approximate surface area is 138 Å². The Morgan fingerprint density at radius 1 is 1.20 bits per heavy atom. The molecular weight excluding hydrogens is 381 g/mol. The molecule has 0 bridgehead atoms. The fourth-order valence-corrected chi connectivity index (χ4v) is 3.12. The van der Waals surface area contributed by atoms with E-state index in [9.17, 15) is 0 Å². The van der Waals surface area contributed by atoms with E-state index in [4.69, 9.17) is 4.98 Å². The van der Waals surface area contributed by atoms with E-state index in [1.807, 2.05) is 7.05 Å². The molecular formula is C15H18IN3S. The van der Waals surface area contributed by atoms with E-state index >= 15 is 0 Å². The summed E-state index contributed by atoms with van der Waals surface area (Å²) in [6.07, 6.45) is 4.14. The zero-order chi connectivity index (χ0) is 14.5. The molecule has 0 aliphatic carbocycles. The number of hydrogen-bond donors (Lipinski definition) is 1. The molecule has 0 saturated heterocycles. The summed E-state index contributed by atoms with van der Waals surface area (Å²) in [5.74, 6) is 1.71. The van der Waals surface area contributed by atoms with Crippen LogP contribution in [0.15, 0.2) is 29.2 Å². The number of halogens is 1. The maximum atomic E-state index is 4.73. The Kier molecular flexibility index (Phi) is 5.65. The highest BCUT2D eigenvalue weighted by Crippen LogP contribution is 2.26. The number of hydrogen-bond acceptors (Lipinski definition) is 4. The largest absolute Gasteiger partial charge is 0.372 e. The molecule has 1 aromatic carbocycles. The highest BCUT2D eigenvalue weighted by atomic mass is 127. The standard InChI is InChI=1S/C15H18IN3S/c1-4-5-12-13(16)15(17-2)19-14(18-12)10-6-8-11(20-3)9-7-10/h6-9H,4-5H2,1-3H3,(H,17,18,19). The number of nitrogens with zero attached hydrogens (tertiary/aromatic N) is 2. The second kappa shape index (κ2) is 7.26. The molecule has 5 heteroatoms. The van der Waals surface area contributed by atoms with Crippen LogP contribution in [0.25, 0.3) is 11.4 Å². The molecule has 0 saturated carbocycles. The monoisotopic (exact) mass is 399 g/mol. The number of thioether (sulfide) groups is 1. The summed E-state index contributed by atoms with van der Waals surface area (Å²) in [4.78, 5) is 10.6. The van der Waals surface area contributed by atoms with E-state index in [2.05, 4.69) is 70.3 Å². The number of nitrogens with one attached hydrogen (secondary N) is 1. The maximum Gasteiger partial charge on any atom is 0.161 e. The van der Waals surface area contributed by atoms with Gasteiger partial charge in [0.2, 0.25) is 0 Å². The van der Waals surface area contributed by atoms with Crippen molar-refractivity contribution in [2.24, 2.45) is 0 Å². The lowest BCUT2D eigenvalue weighted by Gasteiger charge is -2.11. The SMILES string of the molecule is CCCc1nc(-c2ccc(SC)cc2)nc(NC)c1I. The van der Waals surface area contributed by atoms with Gasteiger partial charge in [-0.3, -0.25) is 0 Å². The van der Waals surface area contributed by atoms with Crippen molar-refractivity contribution in [3.63, 3.8) is 0 Å². The average molecular weight is 399 g/mol. The van der Waals surface area contributed by atoms with Gasteiger partial charge in [-0.25, -0.2) is 9.97 Å². The highest BCUT2D eigenvalue weighted by molar-refractivity contribution is 14.1. The van der Waals surface area contributed by atoms with Crippen LogP contribution in [0, 0.1) is 3.57 Å². The smallest absolute Gasteiger partial charge is 0.161 e. The molecule has 0 aliphatic heterocycles. The first-order valence-electron chi connectivity index (χ1n) is 6.58. The van der Waals surface area contributed by atoms with Crippen LogP contribution in [0.2, 0.25) is 0 Å². The van der Waals surface area contributed by atoms with E-state index in [1.54, 1.807) is 11.8 Å². The third-order valence-corrected chi connectivity index (χ3v) is 4.87. The van der Waals surface area contributed by atoms with Crippen LogP contribution < -0.4 is 5.32 Å². The van der Waals surface area contributed by atoms with Crippen molar-refractivity contribution in [3.05, 3.63) is 33.5 Å². The zero-order valence-corrected chi connectivity index (χ0v) is 14.9. The molecule has 0 aliphatic rings. The maximum absolute atomic E-state index is 4.73. The van der Waals surface area contributed by atoms with Gasteiger partial charge in [0.15, 0.2) is 5.82 Å². The molecule has 0 fully saturated rings. The Balaban J connectivity index is 2.46. The van der Waals surface area contributed by atoms with Crippen LogP contribution in [-0.4, -0.2) is 23.3 Å². The molecule has 1 aromatic heterocycles. The van der Waals surface area contributed by atoms with Gasteiger partial charge in [-0.15, -0.1) is 11.8 Å². The third-order valence-electron chi connectivity index (χ3n) is 2.99. The van der Waals surface area contributed by atoms with E-state index in [1.165, 1.54) is 4.90 Å². The fraction of sp³-hybridized carbons (Fsp3) is 0.333. The molecule has 2 rings (SSSR count). The summed E-state index contributed by atoms with van der Waals surface area (Å²) < 4.78 is 1.12. The molecule has 3 nitrogen and oxygen atoms in total. The molecule has 106 valence electrons. The zero-order valence-electron chi connectivity index (χ0n) is 11.9. The van der Waals surface area contributed by atoms with Crippen molar-refractivity contribution in [1.29, 1.82) is 0 Å². The van der Waals surface area contributed by atoms with Crippen molar-refractivity contribution < 1.29 is 0 Å². The minimum absolute atomic E-state index is 0.797. The van der Waals surface area contributed by atoms with Gasteiger partial charge in [-0.05, 0) is 47.4 Å². The molecule has 0 amide bonds. The second-order valence-corrected chi connectivity index (χ2v) is 6.34. The lowest BCUT2D eigenvalue weighted by atomic mass is 10.2. The summed E-state index contributed by atoms with van der Waals surface area (Å²) in [7, 11) is 1.90. The first-order chi connectivity index (χ1) is 9.69. The minimum atomic E-state index is 0.797. The molecule has 1 heterocycles. The second-order valence-electron chi connectivity index (χ2n) is 4.38. The summed E-state index contributed by atoms with van der Waals surface area (Å²) in [6.45, 7) is 2.17. The topological polar surface area (TPSA) is 37.8 Å². The molecule has 20 heavy (non-hydrogen) atoms. The number of anilines is 1.